The summed E-state index contributed by atoms with van der Waals surface area (Å²) in [6.07, 6.45) is 0. The zero-order valence-electron chi connectivity index (χ0n) is 16.1. The second kappa shape index (κ2) is 9.55. The maximum atomic E-state index is 12.6. The number of thioether (sulfide) groups is 1. The Kier molecular flexibility index (Phi) is 6.41. The van der Waals surface area contributed by atoms with Gasteiger partial charge in [0.25, 0.3) is 0 Å². The van der Waals surface area contributed by atoms with Crippen molar-refractivity contribution in [3.05, 3.63) is 77.0 Å². The van der Waals surface area contributed by atoms with Crippen LogP contribution in [0.4, 0.5) is 5.69 Å². The molecule has 4 rings (SSSR count). The summed E-state index contributed by atoms with van der Waals surface area (Å²) in [4.78, 5) is 13.8. The Balaban J connectivity index is 1.33. The Morgan fingerprint density at radius 2 is 1.87 bits per heavy atom. The number of hydrogen-bond acceptors (Lipinski definition) is 7. The first-order chi connectivity index (χ1) is 14.7. The van der Waals surface area contributed by atoms with E-state index >= 15 is 0 Å². The Bertz CT molecular complexity index is 1080. The minimum atomic E-state index is -0.363. The van der Waals surface area contributed by atoms with Crippen molar-refractivity contribution < 1.29 is 9.53 Å². The van der Waals surface area contributed by atoms with Gasteiger partial charge in [0.15, 0.2) is 0 Å². The Labute approximate surface area is 182 Å². The fourth-order valence-corrected chi connectivity index (χ4v) is 4.09. The monoisotopic (exact) mass is 437 g/mol. The molecule has 1 amide bonds. The van der Waals surface area contributed by atoms with Gasteiger partial charge in [-0.1, -0.05) is 36.0 Å². The van der Waals surface area contributed by atoms with Crippen molar-refractivity contribution >= 4 is 34.7 Å². The molecule has 2 heterocycles. The van der Waals surface area contributed by atoms with Gasteiger partial charge in [-0.15, -0.1) is 16.4 Å². The maximum absolute atomic E-state index is 12.6. The van der Waals surface area contributed by atoms with E-state index in [1.807, 2.05) is 79.0 Å². The lowest BCUT2D eigenvalue weighted by Gasteiger charge is -2.12. The van der Waals surface area contributed by atoms with Crippen molar-refractivity contribution in [2.75, 3.05) is 5.32 Å². The minimum absolute atomic E-state index is 0.123. The highest BCUT2D eigenvalue weighted by Crippen LogP contribution is 2.25. The molecule has 0 radical (unpaired) electrons. The Morgan fingerprint density at radius 1 is 1.10 bits per heavy atom. The molecule has 0 aliphatic rings. The number of aromatic nitrogens is 4. The van der Waals surface area contributed by atoms with Gasteiger partial charge in [0, 0.05) is 10.6 Å². The molecule has 0 unspecified atom stereocenters. The van der Waals surface area contributed by atoms with Gasteiger partial charge in [0.05, 0.1) is 11.8 Å². The quantitative estimate of drug-likeness (QED) is 0.403. The summed E-state index contributed by atoms with van der Waals surface area (Å²) in [5.74, 6) is 1.34. The largest absolute Gasteiger partial charge is 0.457 e. The average molecular weight is 438 g/mol. The zero-order valence-corrected chi connectivity index (χ0v) is 17.8. The van der Waals surface area contributed by atoms with Crippen LogP contribution in [0.15, 0.2) is 77.3 Å². The topological polar surface area (TPSA) is 81.9 Å². The number of anilines is 1. The van der Waals surface area contributed by atoms with Crippen LogP contribution in [0, 0.1) is 0 Å². The van der Waals surface area contributed by atoms with E-state index in [1.54, 1.807) is 16.0 Å². The molecule has 1 N–H and O–H groups in total. The van der Waals surface area contributed by atoms with E-state index < -0.39 is 0 Å². The summed E-state index contributed by atoms with van der Waals surface area (Å²) in [6, 6.07) is 20.8. The van der Waals surface area contributed by atoms with Gasteiger partial charge >= 0.3 is 0 Å². The van der Waals surface area contributed by atoms with Gasteiger partial charge in [-0.25, -0.2) is 4.68 Å². The Hall–Kier alpha value is -3.17. The van der Waals surface area contributed by atoms with Crippen LogP contribution in [0.25, 0.3) is 0 Å². The number of nitrogens with zero attached hydrogens (tertiary/aromatic N) is 4. The molecule has 7 nitrogen and oxygen atoms in total. The van der Waals surface area contributed by atoms with E-state index in [2.05, 4.69) is 20.8 Å². The predicted molar refractivity (Wildman–Crippen MR) is 118 cm³/mol. The van der Waals surface area contributed by atoms with Crippen LogP contribution >= 0.6 is 23.1 Å². The first kappa shape index (κ1) is 20.1. The smallest absolute Gasteiger partial charge is 0.237 e. The number of ether oxygens (including phenoxy) is 1. The second-order valence-electron chi connectivity index (χ2n) is 6.39. The lowest BCUT2D eigenvalue weighted by atomic mass is 10.3. The summed E-state index contributed by atoms with van der Waals surface area (Å²) in [6.45, 7) is 2.42. The number of amides is 1. The second-order valence-corrected chi connectivity index (χ2v) is 8.73. The number of carbonyl (C=O) groups is 1. The summed E-state index contributed by atoms with van der Waals surface area (Å²) in [7, 11) is 0. The van der Waals surface area contributed by atoms with E-state index in [9.17, 15) is 4.79 Å². The minimum Gasteiger partial charge on any atom is -0.457 e. The molecule has 9 heteroatoms. The summed E-state index contributed by atoms with van der Waals surface area (Å²) in [5, 5.41) is 17.0. The van der Waals surface area contributed by atoms with Crippen LogP contribution in [-0.2, 0) is 11.3 Å². The molecule has 0 aliphatic heterocycles. The van der Waals surface area contributed by atoms with Crippen molar-refractivity contribution in [1.29, 1.82) is 0 Å². The van der Waals surface area contributed by atoms with Crippen LogP contribution in [0.1, 0.15) is 11.8 Å². The zero-order chi connectivity index (χ0) is 20.8. The van der Waals surface area contributed by atoms with Gasteiger partial charge in [-0.2, -0.15) is 0 Å². The highest BCUT2D eigenvalue weighted by atomic mass is 32.2. The first-order valence-corrected chi connectivity index (χ1v) is 11.0. The standard InChI is InChI=1S/C21H19N5O2S2/c1-15(30-21-23-24-25-26(21)14-19-8-5-13-29-19)20(27)22-16-9-11-18(12-10-16)28-17-6-3-2-4-7-17/h2-13,15H,14H2,1H3,(H,22,27)/t15-/m1/s1. The van der Waals surface area contributed by atoms with Gasteiger partial charge in [-0.3, -0.25) is 4.79 Å². The molecule has 0 spiro atoms. The van der Waals surface area contributed by atoms with Crippen molar-refractivity contribution in [3.8, 4) is 11.5 Å². The highest BCUT2D eigenvalue weighted by molar-refractivity contribution is 8.00. The fraction of sp³-hybridized carbons (Fsp3) is 0.143. The highest BCUT2D eigenvalue weighted by Gasteiger charge is 2.19. The normalized spacial score (nSPS) is 11.8. The maximum Gasteiger partial charge on any atom is 0.237 e. The summed E-state index contributed by atoms with van der Waals surface area (Å²) < 4.78 is 7.48. The molecule has 0 aliphatic carbocycles. The van der Waals surface area contributed by atoms with Crippen molar-refractivity contribution in [2.45, 2.75) is 23.9 Å². The van der Waals surface area contributed by atoms with Crippen LogP contribution in [0.3, 0.4) is 0 Å². The molecule has 30 heavy (non-hydrogen) atoms. The first-order valence-electron chi connectivity index (χ1n) is 9.26. The van der Waals surface area contributed by atoms with E-state index in [-0.39, 0.29) is 11.2 Å². The number of tetrazole rings is 1. The number of hydrogen-bond donors (Lipinski definition) is 1. The molecule has 0 bridgehead atoms. The SMILES string of the molecule is C[C@@H](Sc1nnnn1Cc1cccs1)C(=O)Nc1ccc(Oc2ccccc2)cc1. The van der Waals surface area contributed by atoms with Crippen molar-refractivity contribution in [3.63, 3.8) is 0 Å². The third-order valence-corrected chi connectivity index (χ3v) is 6.07. The molecule has 0 saturated heterocycles. The van der Waals surface area contributed by atoms with Gasteiger partial charge in [0.1, 0.15) is 11.5 Å². The molecule has 0 fully saturated rings. The van der Waals surface area contributed by atoms with E-state index in [4.69, 9.17) is 4.74 Å². The molecular formula is C21H19N5O2S2. The lowest BCUT2D eigenvalue weighted by molar-refractivity contribution is -0.115. The van der Waals surface area contributed by atoms with Crippen molar-refractivity contribution in [1.82, 2.24) is 20.2 Å². The number of para-hydroxylation sites is 1. The van der Waals surface area contributed by atoms with Gasteiger partial charge < -0.3 is 10.1 Å². The van der Waals surface area contributed by atoms with E-state index in [0.29, 0.717) is 23.1 Å². The van der Waals surface area contributed by atoms with Crippen molar-refractivity contribution in [2.24, 2.45) is 0 Å². The van der Waals surface area contributed by atoms with E-state index in [0.717, 1.165) is 10.6 Å². The lowest BCUT2D eigenvalue weighted by Crippen LogP contribution is -2.23. The predicted octanol–water partition coefficient (Wildman–Crippen LogP) is 4.69. The van der Waals surface area contributed by atoms with Crippen LogP contribution < -0.4 is 10.1 Å². The van der Waals surface area contributed by atoms with Crippen LogP contribution in [0.2, 0.25) is 0 Å². The third kappa shape index (κ3) is 5.25. The van der Waals surface area contributed by atoms with E-state index in [1.165, 1.54) is 11.8 Å². The molecular weight excluding hydrogens is 418 g/mol. The Morgan fingerprint density at radius 3 is 2.60 bits per heavy atom. The molecule has 0 saturated carbocycles. The summed E-state index contributed by atoms with van der Waals surface area (Å²) >= 11 is 2.97. The van der Waals surface area contributed by atoms with Crippen LogP contribution in [-0.4, -0.2) is 31.4 Å². The third-order valence-electron chi connectivity index (χ3n) is 4.14. The molecule has 2 aromatic heterocycles. The molecule has 1 atom stereocenters. The number of nitrogens with one attached hydrogen (secondary N) is 1. The molecule has 2 aromatic carbocycles. The van der Waals surface area contributed by atoms with Gasteiger partial charge in [-0.05, 0) is 65.2 Å². The number of benzene rings is 2. The number of rotatable bonds is 8. The summed E-state index contributed by atoms with van der Waals surface area (Å²) in [5.41, 5.74) is 0.700. The fourth-order valence-electron chi connectivity index (χ4n) is 2.62. The molecule has 4 aromatic rings. The van der Waals surface area contributed by atoms with Crippen LogP contribution in [0.5, 0.6) is 11.5 Å². The average Bonchev–Trinajstić information content (AvgIpc) is 3.43. The number of thiophene rings is 1. The molecule has 152 valence electrons. The van der Waals surface area contributed by atoms with Gasteiger partial charge in [0.2, 0.25) is 11.1 Å². The number of carbonyl (C=O) groups excluding carboxylic acids is 1.